The van der Waals surface area contributed by atoms with E-state index in [-0.39, 0.29) is 0 Å². The van der Waals surface area contributed by atoms with Crippen LogP contribution in [0.5, 0.6) is 0 Å². The number of hydrogen-bond donors (Lipinski definition) is 0. The molecule has 11 aromatic rings. The Hall–Kier alpha value is -6.84. The van der Waals surface area contributed by atoms with Crippen LogP contribution in [0.2, 0.25) is 0 Å². The van der Waals surface area contributed by atoms with Crippen LogP contribution >= 0.6 is 0 Å². The van der Waals surface area contributed by atoms with Crippen molar-refractivity contribution in [2.45, 2.75) is 0 Å². The first-order chi connectivity index (χ1) is 23.8. The maximum atomic E-state index is 7.45. The predicted molar refractivity (Wildman–Crippen MR) is 196 cm³/mol. The van der Waals surface area contributed by atoms with E-state index in [4.69, 9.17) is 21.5 Å². The number of benzene rings is 6. The van der Waals surface area contributed by atoms with Gasteiger partial charge in [0.15, 0.2) is 11.3 Å². The SMILES string of the molecule is [C-]#[N+]c1ccc(-c2nc(-n3c4ccc5ccccc5c4c4c5c6ccccc6n6c7ccccc7c(cc43)c56)nc3ncccc23)cc1. The van der Waals surface area contributed by atoms with Crippen molar-refractivity contribution in [3.8, 4) is 17.2 Å². The highest BCUT2D eigenvalue weighted by Crippen LogP contribution is 2.48. The van der Waals surface area contributed by atoms with Gasteiger partial charge in [-0.05, 0) is 52.7 Å². The fourth-order valence-corrected chi connectivity index (χ4v) is 7.95. The summed E-state index contributed by atoms with van der Waals surface area (Å²) in [6.07, 6.45) is 1.78. The molecule has 5 aromatic heterocycles. The summed E-state index contributed by atoms with van der Waals surface area (Å²) in [5.41, 5.74) is 8.62. The zero-order valence-electron chi connectivity index (χ0n) is 25.4. The molecule has 6 nitrogen and oxygen atoms in total. The topological polar surface area (TPSA) is 52.4 Å². The molecule has 0 atom stereocenters. The molecule has 0 aliphatic heterocycles. The van der Waals surface area contributed by atoms with Crippen molar-refractivity contribution in [1.82, 2.24) is 23.9 Å². The summed E-state index contributed by atoms with van der Waals surface area (Å²) >= 11 is 0. The van der Waals surface area contributed by atoms with Crippen LogP contribution < -0.4 is 0 Å². The van der Waals surface area contributed by atoms with Gasteiger partial charge in [-0.1, -0.05) is 91.0 Å². The molecule has 5 heterocycles. The Kier molecular flexibility index (Phi) is 4.82. The van der Waals surface area contributed by atoms with Gasteiger partial charge in [0.05, 0.1) is 39.8 Å². The Labute approximate surface area is 272 Å². The molecule has 0 saturated carbocycles. The molecule has 0 aliphatic carbocycles. The number of hydrogen-bond acceptors (Lipinski definition) is 3. The van der Waals surface area contributed by atoms with Gasteiger partial charge in [-0.25, -0.2) is 14.8 Å². The van der Waals surface area contributed by atoms with E-state index >= 15 is 0 Å². The minimum absolute atomic E-state index is 0.558. The molecule has 220 valence electrons. The third-order valence-electron chi connectivity index (χ3n) is 9.92. The molecule has 0 unspecified atom stereocenters. The number of fused-ring (bicyclic) bond motifs is 13. The zero-order valence-corrected chi connectivity index (χ0v) is 25.4. The van der Waals surface area contributed by atoms with E-state index in [1.165, 1.54) is 59.6 Å². The molecule has 0 bridgehead atoms. The first-order valence-electron chi connectivity index (χ1n) is 15.9. The highest BCUT2D eigenvalue weighted by molar-refractivity contribution is 6.38. The van der Waals surface area contributed by atoms with Crippen LogP contribution in [0, 0.1) is 6.57 Å². The molecule has 6 heteroatoms. The van der Waals surface area contributed by atoms with Gasteiger partial charge in [-0.3, -0.25) is 4.57 Å². The van der Waals surface area contributed by atoms with Gasteiger partial charge in [0.25, 0.3) is 0 Å². The highest BCUT2D eigenvalue weighted by atomic mass is 15.2. The van der Waals surface area contributed by atoms with Crippen LogP contribution in [-0.2, 0) is 0 Å². The van der Waals surface area contributed by atoms with E-state index in [2.05, 4.69) is 105 Å². The third-order valence-corrected chi connectivity index (χ3v) is 9.92. The molecule has 0 radical (unpaired) electrons. The van der Waals surface area contributed by atoms with Crippen molar-refractivity contribution in [1.29, 1.82) is 0 Å². The van der Waals surface area contributed by atoms with Crippen molar-refractivity contribution in [3.63, 3.8) is 0 Å². The van der Waals surface area contributed by atoms with Gasteiger partial charge in [-0.15, -0.1) is 0 Å². The summed E-state index contributed by atoms with van der Waals surface area (Å²) in [5.74, 6) is 0.558. The second-order valence-electron chi connectivity index (χ2n) is 12.3. The lowest BCUT2D eigenvalue weighted by atomic mass is 9.99. The number of nitrogens with zero attached hydrogens (tertiary/aromatic N) is 6. The van der Waals surface area contributed by atoms with Gasteiger partial charge in [0.1, 0.15) is 0 Å². The van der Waals surface area contributed by atoms with Crippen LogP contribution in [0.4, 0.5) is 5.69 Å². The Bertz CT molecular complexity index is 3180. The first-order valence-corrected chi connectivity index (χ1v) is 15.9. The van der Waals surface area contributed by atoms with Gasteiger partial charge < -0.3 is 4.40 Å². The number of pyridine rings is 1. The molecule has 0 saturated heterocycles. The number of aromatic nitrogens is 5. The highest BCUT2D eigenvalue weighted by Gasteiger charge is 2.26. The maximum Gasteiger partial charge on any atom is 0.237 e. The summed E-state index contributed by atoms with van der Waals surface area (Å²) < 4.78 is 4.66. The molecular formula is C42H22N6. The Morgan fingerprint density at radius 3 is 2.10 bits per heavy atom. The molecule has 0 spiro atoms. The van der Waals surface area contributed by atoms with Gasteiger partial charge in [0, 0.05) is 43.9 Å². The van der Waals surface area contributed by atoms with Gasteiger partial charge in [0.2, 0.25) is 5.95 Å². The van der Waals surface area contributed by atoms with Crippen LogP contribution in [0.1, 0.15) is 0 Å². The molecule has 11 rings (SSSR count). The number of para-hydroxylation sites is 2. The smallest absolute Gasteiger partial charge is 0.237 e. The third kappa shape index (κ3) is 3.17. The van der Waals surface area contributed by atoms with Crippen LogP contribution in [0.15, 0.2) is 134 Å². The summed E-state index contributed by atoms with van der Waals surface area (Å²) in [6, 6.07) is 44.3. The lowest BCUT2D eigenvalue weighted by Crippen LogP contribution is -2.04. The van der Waals surface area contributed by atoms with E-state index in [9.17, 15) is 0 Å². The Morgan fingerprint density at radius 1 is 0.542 bits per heavy atom. The maximum absolute atomic E-state index is 7.45. The fraction of sp³-hybridized carbons (Fsp3) is 0. The van der Waals surface area contributed by atoms with Crippen LogP contribution in [0.25, 0.3) is 104 Å². The van der Waals surface area contributed by atoms with Crippen molar-refractivity contribution < 1.29 is 0 Å². The normalized spacial score (nSPS) is 12.1. The second kappa shape index (κ2) is 9.12. The summed E-state index contributed by atoms with van der Waals surface area (Å²) in [4.78, 5) is 18.8. The summed E-state index contributed by atoms with van der Waals surface area (Å²) in [7, 11) is 0. The molecule has 0 aliphatic rings. The zero-order chi connectivity index (χ0) is 31.5. The molecule has 0 amide bonds. The van der Waals surface area contributed by atoms with E-state index in [0.29, 0.717) is 17.3 Å². The molecule has 0 N–H and O–H groups in total. The van der Waals surface area contributed by atoms with Gasteiger partial charge in [-0.2, -0.15) is 4.98 Å². The fourth-order valence-electron chi connectivity index (χ4n) is 7.95. The first kappa shape index (κ1) is 25.4. The Morgan fingerprint density at radius 2 is 1.27 bits per heavy atom. The van der Waals surface area contributed by atoms with Crippen LogP contribution in [0.3, 0.4) is 0 Å². The average Bonchev–Trinajstić information content (AvgIpc) is 3.79. The summed E-state index contributed by atoms with van der Waals surface area (Å²) in [5, 5.41) is 10.5. The van der Waals surface area contributed by atoms with E-state index in [1.807, 2.05) is 36.4 Å². The lowest BCUT2D eigenvalue weighted by molar-refractivity contribution is 1.01. The predicted octanol–water partition coefficient (Wildman–Crippen LogP) is 10.6. The van der Waals surface area contributed by atoms with Crippen molar-refractivity contribution >= 4 is 87.4 Å². The molecule has 0 fully saturated rings. The number of rotatable bonds is 2. The largest absolute Gasteiger partial charge is 0.308 e. The minimum Gasteiger partial charge on any atom is -0.308 e. The van der Waals surface area contributed by atoms with E-state index in [1.54, 1.807) is 6.20 Å². The summed E-state index contributed by atoms with van der Waals surface area (Å²) in [6.45, 7) is 7.45. The van der Waals surface area contributed by atoms with Crippen molar-refractivity contribution in [3.05, 3.63) is 145 Å². The van der Waals surface area contributed by atoms with Crippen LogP contribution in [-0.4, -0.2) is 23.9 Å². The second-order valence-corrected chi connectivity index (χ2v) is 12.3. The quantitative estimate of drug-likeness (QED) is 0.183. The molecular weight excluding hydrogens is 589 g/mol. The standard InChI is InChI=1S/C42H22N6/c1-43-26-19-16-25(17-20-26)39-30-13-8-22-44-41(30)46-42(45-39)48-34-21-18-24-9-2-3-10-27(24)36(34)38-35(48)23-31-28-11-4-6-14-32(28)47-33-15-7-5-12-29(33)37(38)40(31)47/h2-23H. The molecule has 48 heavy (non-hydrogen) atoms. The average molecular weight is 611 g/mol. The Balaban J connectivity index is 1.39. The monoisotopic (exact) mass is 610 g/mol. The van der Waals surface area contributed by atoms with Crippen molar-refractivity contribution in [2.24, 2.45) is 0 Å². The van der Waals surface area contributed by atoms with Crippen molar-refractivity contribution in [2.75, 3.05) is 0 Å². The lowest BCUT2D eigenvalue weighted by Gasteiger charge is -2.11. The van der Waals surface area contributed by atoms with Gasteiger partial charge >= 0.3 is 0 Å². The molecule has 6 aromatic carbocycles. The van der Waals surface area contributed by atoms with E-state index in [0.717, 1.165) is 27.7 Å². The minimum atomic E-state index is 0.558. The van der Waals surface area contributed by atoms with E-state index < -0.39 is 0 Å².